The van der Waals surface area contributed by atoms with Gasteiger partial charge in [-0.25, -0.2) is 0 Å². The lowest BCUT2D eigenvalue weighted by Gasteiger charge is -2.48. The third-order valence-electron chi connectivity index (χ3n) is 12.5. The summed E-state index contributed by atoms with van der Waals surface area (Å²) in [6.45, 7) is 1.57. The topological polar surface area (TPSA) is 307 Å². The van der Waals surface area contributed by atoms with Gasteiger partial charge in [0.1, 0.15) is 73.2 Å². The molecule has 0 aromatic carbocycles. The number of amides is 1. The van der Waals surface area contributed by atoms with Crippen molar-refractivity contribution in [1.82, 2.24) is 5.32 Å². The zero-order valence-electron chi connectivity index (χ0n) is 39.2. The molecular formula is C47H85NO18. The Morgan fingerprint density at radius 1 is 0.545 bits per heavy atom. The minimum absolute atomic E-state index is 0.255. The highest BCUT2D eigenvalue weighted by Crippen LogP contribution is 2.33. The fourth-order valence-electron chi connectivity index (χ4n) is 8.34. The van der Waals surface area contributed by atoms with Crippen LogP contribution in [0.5, 0.6) is 0 Å². The third-order valence-corrected chi connectivity index (χ3v) is 12.5. The average molecular weight is 952 g/mol. The maximum absolute atomic E-state index is 13.1. The van der Waals surface area contributed by atoms with Crippen LogP contribution in [0.1, 0.15) is 136 Å². The maximum atomic E-state index is 13.1. The first-order valence-electron chi connectivity index (χ1n) is 24.6. The number of rotatable bonds is 33. The lowest BCUT2D eigenvalue weighted by molar-refractivity contribution is -0.379. The summed E-state index contributed by atoms with van der Waals surface area (Å²) >= 11 is 0. The van der Waals surface area contributed by atoms with Gasteiger partial charge in [-0.1, -0.05) is 109 Å². The van der Waals surface area contributed by atoms with Gasteiger partial charge in [-0.3, -0.25) is 4.79 Å². The van der Waals surface area contributed by atoms with Crippen molar-refractivity contribution in [2.24, 2.45) is 0 Å². The van der Waals surface area contributed by atoms with Crippen LogP contribution < -0.4 is 5.32 Å². The van der Waals surface area contributed by atoms with Gasteiger partial charge in [0, 0.05) is 6.42 Å². The third kappa shape index (κ3) is 19.2. The Balaban J connectivity index is 1.48. The Morgan fingerprint density at radius 3 is 1.56 bits per heavy atom. The number of aliphatic hydroxyl groups is 11. The van der Waals surface area contributed by atoms with Gasteiger partial charge in [-0.05, 0) is 44.9 Å². The Kier molecular flexibility index (Phi) is 29.3. The van der Waals surface area contributed by atoms with E-state index in [4.69, 9.17) is 28.4 Å². The van der Waals surface area contributed by atoms with Gasteiger partial charge in [-0.15, -0.1) is 0 Å². The first-order chi connectivity index (χ1) is 31.8. The molecule has 17 atom stereocenters. The molecule has 17 unspecified atom stereocenters. The van der Waals surface area contributed by atoms with E-state index in [2.05, 4.69) is 43.5 Å². The Bertz CT molecular complexity index is 1330. The summed E-state index contributed by atoms with van der Waals surface area (Å²) in [5.41, 5.74) is 0. The molecule has 19 nitrogen and oxygen atoms in total. The second-order valence-corrected chi connectivity index (χ2v) is 17.9. The van der Waals surface area contributed by atoms with E-state index in [1.54, 1.807) is 0 Å². The van der Waals surface area contributed by atoms with Gasteiger partial charge in [0.25, 0.3) is 0 Å². The molecule has 3 aliphatic heterocycles. The van der Waals surface area contributed by atoms with Gasteiger partial charge in [0.15, 0.2) is 18.9 Å². The number of carbonyl (C=O) groups is 1. The number of carbonyl (C=O) groups excluding carboxylic acids is 1. The van der Waals surface area contributed by atoms with E-state index in [0.717, 1.165) is 70.6 Å². The molecule has 3 heterocycles. The van der Waals surface area contributed by atoms with Crippen molar-refractivity contribution in [2.75, 3.05) is 26.4 Å². The molecule has 19 heteroatoms. The van der Waals surface area contributed by atoms with Crippen molar-refractivity contribution < 1.29 is 89.4 Å². The molecule has 66 heavy (non-hydrogen) atoms. The standard InChI is InChI=1S/C47H85NO18/c1-3-5-7-9-10-11-12-13-14-15-16-17-18-19-20-21-23-25-35(53)48-30(31(52)24-22-8-6-4-2)29-61-45-41(59)38(56)43(33(27-50)63-45)66-47-42(60)39(57)44(34(28-51)64-47)65-46-40(58)37(55)36(54)32(26-49)62-46/h10-11,13-14,30-34,36-47,49-52,54-60H,3-9,12,15-29H2,1-2H3,(H,48,53)/b11-10-,14-13-. The molecule has 3 saturated heterocycles. The van der Waals surface area contributed by atoms with E-state index in [1.807, 2.05) is 0 Å². The molecule has 0 spiro atoms. The molecule has 3 fully saturated rings. The molecule has 0 saturated carbocycles. The predicted molar refractivity (Wildman–Crippen MR) is 240 cm³/mol. The van der Waals surface area contributed by atoms with Crippen LogP contribution in [0.3, 0.4) is 0 Å². The van der Waals surface area contributed by atoms with Gasteiger partial charge in [0.2, 0.25) is 5.91 Å². The van der Waals surface area contributed by atoms with Crippen LogP contribution in [0, 0.1) is 0 Å². The summed E-state index contributed by atoms with van der Waals surface area (Å²) in [6, 6.07) is -0.884. The lowest BCUT2D eigenvalue weighted by Crippen LogP contribution is -2.66. The fourth-order valence-corrected chi connectivity index (χ4v) is 8.34. The number of allylic oxidation sites excluding steroid dienone is 4. The maximum Gasteiger partial charge on any atom is 0.220 e. The molecular weight excluding hydrogens is 867 g/mol. The van der Waals surface area contributed by atoms with Crippen LogP contribution in [0.15, 0.2) is 24.3 Å². The molecule has 0 aromatic rings. The van der Waals surface area contributed by atoms with E-state index in [1.165, 1.54) is 25.7 Å². The van der Waals surface area contributed by atoms with Crippen molar-refractivity contribution in [3.63, 3.8) is 0 Å². The number of aliphatic hydroxyl groups excluding tert-OH is 11. The Hall–Kier alpha value is -1.73. The second kappa shape index (κ2) is 33.0. The monoisotopic (exact) mass is 952 g/mol. The number of ether oxygens (including phenoxy) is 6. The molecule has 0 aliphatic carbocycles. The zero-order valence-corrected chi connectivity index (χ0v) is 39.2. The highest BCUT2D eigenvalue weighted by molar-refractivity contribution is 5.76. The number of unbranched alkanes of at least 4 members (excludes halogenated alkanes) is 13. The van der Waals surface area contributed by atoms with Crippen LogP contribution in [-0.2, 0) is 33.2 Å². The fraction of sp³-hybridized carbons (Fsp3) is 0.894. The summed E-state index contributed by atoms with van der Waals surface area (Å²) in [4.78, 5) is 13.1. The van der Waals surface area contributed by atoms with E-state index in [-0.39, 0.29) is 18.9 Å². The molecule has 0 radical (unpaired) electrons. The predicted octanol–water partition coefficient (Wildman–Crippen LogP) is 0.861. The normalized spacial score (nSPS) is 34.0. The first kappa shape index (κ1) is 58.6. The van der Waals surface area contributed by atoms with Gasteiger partial charge in [-0.2, -0.15) is 0 Å². The second-order valence-electron chi connectivity index (χ2n) is 17.9. The number of hydrogen-bond acceptors (Lipinski definition) is 18. The van der Waals surface area contributed by atoms with E-state index < -0.39 is 124 Å². The molecule has 0 aromatic heterocycles. The summed E-state index contributed by atoms with van der Waals surface area (Å²) in [6.07, 6.45) is 0.914. The highest BCUT2D eigenvalue weighted by Gasteiger charge is 2.53. The Labute approximate surface area is 390 Å². The van der Waals surface area contributed by atoms with Crippen LogP contribution in [-0.4, -0.2) is 193 Å². The zero-order chi connectivity index (χ0) is 48.4. The van der Waals surface area contributed by atoms with Gasteiger partial charge in [0.05, 0.1) is 38.6 Å². The molecule has 386 valence electrons. The minimum Gasteiger partial charge on any atom is -0.394 e. The van der Waals surface area contributed by atoms with Crippen molar-refractivity contribution in [3.05, 3.63) is 24.3 Å². The van der Waals surface area contributed by atoms with Crippen LogP contribution in [0.4, 0.5) is 0 Å². The van der Waals surface area contributed by atoms with Gasteiger partial charge < -0.3 is 89.9 Å². The average Bonchev–Trinajstić information content (AvgIpc) is 3.31. The quantitative estimate of drug-likeness (QED) is 0.0321. The summed E-state index contributed by atoms with van der Waals surface area (Å²) in [7, 11) is 0. The lowest BCUT2D eigenvalue weighted by atomic mass is 9.96. The number of hydrogen-bond donors (Lipinski definition) is 12. The summed E-state index contributed by atoms with van der Waals surface area (Å²) < 4.78 is 33.9. The van der Waals surface area contributed by atoms with Crippen LogP contribution >= 0.6 is 0 Å². The summed E-state index contributed by atoms with van der Waals surface area (Å²) in [5, 5.41) is 119. The van der Waals surface area contributed by atoms with E-state index >= 15 is 0 Å². The van der Waals surface area contributed by atoms with E-state index in [9.17, 15) is 61.0 Å². The first-order valence-corrected chi connectivity index (χ1v) is 24.6. The van der Waals surface area contributed by atoms with Crippen LogP contribution in [0.25, 0.3) is 0 Å². The molecule has 12 N–H and O–H groups in total. The smallest absolute Gasteiger partial charge is 0.220 e. The van der Waals surface area contributed by atoms with Crippen molar-refractivity contribution in [1.29, 1.82) is 0 Å². The SMILES string of the molecule is CCCCC/C=C\C/C=C\CCCCCCCCCC(=O)NC(COC1OC(CO)C(OC2OC(CO)C(OC3OC(CO)C(O)C(O)C3O)C(O)C2O)C(O)C1O)C(O)CCCCCC. The van der Waals surface area contributed by atoms with Crippen LogP contribution in [0.2, 0.25) is 0 Å². The van der Waals surface area contributed by atoms with E-state index in [0.29, 0.717) is 19.3 Å². The largest absolute Gasteiger partial charge is 0.394 e. The minimum atomic E-state index is -1.97. The van der Waals surface area contributed by atoms with Crippen molar-refractivity contribution >= 4 is 5.91 Å². The van der Waals surface area contributed by atoms with Crippen molar-refractivity contribution in [3.8, 4) is 0 Å². The van der Waals surface area contributed by atoms with Crippen molar-refractivity contribution in [2.45, 2.75) is 240 Å². The molecule has 1 amide bonds. The molecule has 3 rings (SSSR count). The van der Waals surface area contributed by atoms with Gasteiger partial charge >= 0.3 is 0 Å². The number of nitrogens with one attached hydrogen (secondary N) is 1. The highest BCUT2D eigenvalue weighted by atomic mass is 16.8. The molecule has 0 bridgehead atoms. The molecule has 3 aliphatic rings. The Morgan fingerprint density at radius 2 is 1.00 bits per heavy atom. The summed E-state index contributed by atoms with van der Waals surface area (Å²) in [5.74, 6) is -0.263.